The SMILES string of the molecule is FC(F)Oc1ccc(Cc2cn[nH]c2)nc1-c1cccc(OCc2ccccc2)c1. The zero-order chi connectivity index (χ0) is 20.8. The number of rotatable bonds is 8. The molecular weight excluding hydrogens is 388 g/mol. The van der Waals surface area contributed by atoms with Crippen LogP contribution in [0.15, 0.2) is 79.1 Å². The van der Waals surface area contributed by atoms with Crippen molar-refractivity contribution < 1.29 is 18.3 Å². The molecule has 0 amide bonds. The van der Waals surface area contributed by atoms with E-state index in [2.05, 4.69) is 15.2 Å². The van der Waals surface area contributed by atoms with Gasteiger partial charge in [0.05, 0.1) is 6.20 Å². The number of nitrogens with one attached hydrogen (secondary N) is 1. The highest BCUT2D eigenvalue weighted by molar-refractivity contribution is 5.68. The lowest BCUT2D eigenvalue weighted by molar-refractivity contribution is -0.0496. The Bertz CT molecular complexity index is 1090. The molecule has 0 saturated carbocycles. The van der Waals surface area contributed by atoms with Crippen LogP contribution in [0, 0.1) is 0 Å². The predicted molar refractivity (Wildman–Crippen MR) is 108 cm³/mol. The number of halogens is 2. The molecule has 0 unspecified atom stereocenters. The fourth-order valence-electron chi connectivity index (χ4n) is 3.04. The fourth-order valence-corrected chi connectivity index (χ4v) is 3.04. The second-order valence-corrected chi connectivity index (χ2v) is 6.61. The molecule has 0 atom stereocenters. The van der Waals surface area contributed by atoms with Gasteiger partial charge in [-0.15, -0.1) is 0 Å². The Kier molecular flexibility index (Phi) is 5.98. The molecule has 0 spiro atoms. The van der Waals surface area contributed by atoms with Gasteiger partial charge in [-0.2, -0.15) is 13.9 Å². The lowest BCUT2D eigenvalue weighted by atomic mass is 10.1. The first kappa shape index (κ1) is 19.6. The van der Waals surface area contributed by atoms with Crippen LogP contribution in [0.3, 0.4) is 0 Å². The Balaban J connectivity index is 1.61. The summed E-state index contributed by atoms with van der Waals surface area (Å²) < 4.78 is 36.4. The van der Waals surface area contributed by atoms with Crippen LogP contribution in [-0.4, -0.2) is 21.8 Å². The first-order chi connectivity index (χ1) is 14.7. The lowest BCUT2D eigenvalue weighted by Crippen LogP contribution is -2.05. The smallest absolute Gasteiger partial charge is 0.387 e. The minimum absolute atomic E-state index is 0.0150. The summed E-state index contributed by atoms with van der Waals surface area (Å²) in [5.41, 5.74) is 3.65. The zero-order valence-corrected chi connectivity index (χ0v) is 16.0. The van der Waals surface area contributed by atoms with Crippen molar-refractivity contribution in [3.05, 3.63) is 95.9 Å². The van der Waals surface area contributed by atoms with E-state index in [0.717, 1.165) is 11.1 Å². The Morgan fingerprint density at radius 2 is 1.80 bits per heavy atom. The van der Waals surface area contributed by atoms with Gasteiger partial charge in [0.25, 0.3) is 0 Å². The van der Waals surface area contributed by atoms with Crippen LogP contribution in [-0.2, 0) is 13.0 Å². The molecule has 4 rings (SSSR count). The molecule has 0 aliphatic carbocycles. The maximum absolute atomic E-state index is 12.9. The number of benzene rings is 2. The maximum Gasteiger partial charge on any atom is 0.387 e. The molecule has 30 heavy (non-hydrogen) atoms. The number of H-pyrrole nitrogens is 1. The molecule has 0 saturated heterocycles. The molecule has 0 fully saturated rings. The van der Waals surface area contributed by atoms with Crippen LogP contribution in [0.2, 0.25) is 0 Å². The topological polar surface area (TPSA) is 60.0 Å². The fraction of sp³-hybridized carbons (Fsp3) is 0.130. The summed E-state index contributed by atoms with van der Waals surface area (Å²) in [6.45, 7) is -2.54. The average Bonchev–Trinajstić information content (AvgIpc) is 3.27. The van der Waals surface area contributed by atoms with E-state index in [1.165, 1.54) is 6.07 Å². The third-order valence-corrected chi connectivity index (χ3v) is 4.43. The Morgan fingerprint density at radius 1 is 0.933 bits per heavy atom. The lowest BCUT2D eigenvalue weighted by Gasteiger charge is -2.13. The van der Waals surface area contributed by atoms with Crippen LogP contribution in [0.1, 0.15) is 16.8 Å². The van der Waals surface area contributed by atoms with E-state index < -0.39 is 6.61 Å². The number of alkyl halides is 2. The zero-order valence-electron chi connectivity index (χ0n) is 16.0. The van der Waals surface area contributed by atoms with E-state index in [-0.39, 0.29) is 5.75 Å². The van der Waals surface area contributed by atoms with E-state index in [1.807, 2.05) is 36.4 Å². The van der Waals surface area contributed by atoms with Crippen LogP contribution >= 0.6 is 0 Å². The number of pyridine rings is 1. The molecule has 1 N–H and O–H groups in total. The van der Waals surface area contributed by atoms with Crippen molar-refractivity contribution in [3.8, 4) is 22.8 Å². The third-order valence-electron chi connectivity index (χ3n) is 4.43. The monoisotopic (exact) mass is 407 g/mol. The number of nitrogens with zero attached hydrogens (tertiary/aromatic N) is 2. The van der Waals surface area contributed by atoms with Gasteiger partial charge in [0.1, 0.15) is 18.1 Å². The molecule has 2 aromatic carbocycles. The summed E-state index contributed by atoms with van der Waals surface area (Å²) in [4.78, 5) is 4.57. The average molecular weight is 407 g/mol. The number of ether oxygens (including phenoxy) is 2. The van der Waals surface area contributed by atoms with E-state index >= 15 is 0 Å². The largest absolute Gasteiger partial charge is 0.489 e. The summed E-state index contributed by atoms with van der Waals surface area (Å²) in [5, 5.41) is 6.67. The molecule has 7 heteroatoms. The van der Waals surface area contributed by atoms with Crippen molar-refractivity contribution in [1.29, 1.82) is 0 Å². The molecule has 0 aliphatic rings. The highest BCUT2D eigenvalue weighted by Gasteiger charge is 2.15. The van der Waals surface area contributed by atoms with Crippen molar-refractivity contribution in [2.45, 2.75) is 19.6 Å². The molecular formula is C23H19F2N3O2. The molecule has 0 bridgehead atoms. The standard InChI is InChI=1S/C23H19F2N3O2/c24-23(25)30-21-10-9-19(11-17-13-26-27-14-17)28-22(21)18-7-4-8-20(12-18)29-15-16-5-2-1-3-6-16/h1-10,12-14,23H,11,15H2,(H,26,27). The van der Waals surface area contributed by atoms with E-state index in [9.17, 15) is 8.78 Å². The number of hydrogen-bond acceptors (Lipinski definition) is 4. The number of hydrogen-bond donors (Lipinski definition) is 1. The number of aromatic amines is 1. The van der Waals surface area contributed by atoms with Gasteiger partial charge in [-0.25, -0.2) is 4.98 Å². The van der Waals surface area contributed by atoms with Crippen molar-refractivity contribution in [2.24, 2.45) is 0 Å². The summed E-state index contributed by atoms with van der Waals surface area (Å²) >= 11 is 0. The normalized spacial score (nSPS) is 10.9. The molecule has 0 radical (unpaired) electrons. The maximum atomic E-state index is 12.9. The Hall–Kier alpha value is -3.74. The van der Waals surface area contributed by atoms with E-state index in [0.29, 0.717) is 35.7 Å². The molecule has 5 nitrogen and oxygen atoms in total. The quantitative estimate of drug-likeness (QED) is 0.434. The first-order valence-corrected chi connectivity index (χ1v) is 9.37. The van der Waals surface area contributed by atoms with Gasteiger partial charge in [0.2, 0.25) is 0 Å². The highest BCUT2D eigenvalue weighted by Crippen LogP contribution is 2.32. The first-order valence-electron chi connectivity index (χ1n) is 9.37. The second kappa shape index (κ2) is 9.17. The minimum atomic E-state index is -2.94. The third kappa shape index (κ3) is 5.00. The molecule has 2 heterocycles. The van der Waals surface area contributed by atoms with Crippen molar-refractivity contribution in [2.75, 3.05) is 0 Å². The van der Waals surface area contributed by atoms with Crippen molar-refractivity contribution >= 4 is 0 Å². The Morgan fingerprint density at radius 3 is 2.57 bits per heavy atom. The van der Waals surface area contributed by atoms with Gasteiger partial charge in [0, 0.05) is 23.9 Å². The van der Waals surface area contributed by atoms with Gasteiger partial charge in [-0.3, -0.25) is 5.10 Å². The van der Waals surface area contributed by atoms with Crippen LogP contribution in [0.4, 0.5) is 8.78 Å². The van der Waals surface area contributed by atoms with Gasteiger partial charge < -0.3 is 9.47 Å². The molecule has 4 aromatic rings. The molecule has 0 aliphatic heterocycles. The van der Waals surface area contributed by atoms with Crippen LogP contribution < -0.4 is 9.47 Å². The molecule has 2 aromatic heterocycles. The summed E-state index contributed by atoms with van der Waals surface area (Å²) in [6.07, 6.45) is 3.98. The van der Waals surface area contributed by atoms with Crippen LogP contribution in [0.5, 0.6) is 11.5 Å². The van der Waals surface area contributed by atoms with E-state index in [1.54, 1.807) is 36.7 Å². The minimum Gasteiger partial charge on any atom is -0.489 e. The summed E-state index contributed by atoms with van der Waals surface area (Å²) in [5.74, 6) is 0.627. The molecule has 152 valence electrons. The highest BCUT2D eigenvalue weighted by atomic mass is 19.3. The van der Waals surface area contributed by atoms with Crippen molar-refractivity contribution in [1.82, 2.24) is 15.2 Å². The predicted octanol–water partition coefficient (Wildman–Crippen LogP) is 5.24. The van der Waals surface area contributed by atoms with Gasteiger partial charge >= 0.3 is 6.61 Å². The van der Waals surface area contributed by atoms with Gasteiger partial charge in [-0.1, -0.05) is 42.5 Å². The number of aromatic nitrogens is 3. The Labute approximate surface area is 172 Å². The van der Waals surface area contributed by atoms with Crippen molar-refractivity contribution in [3.63, 3.8) is 0 Å². The summed E-state index contributed by atoms with van der Waals surface area (Å²) in [7, 11) is 0. The van der Waals surface area contributed by atoms with Crippen LogP contribution in [0.25, 0.3) is 11.3 Å². The van der Waals surface area contributed by atoms with E-state index in [4.69, 9.17) is 9.47 Å². The van der Waals surface area contributed by atoms with Gasteiger partial charge in [0.15, 0.2) is 5.75 Å². The summed E-state index contributed by atoms with van der Waals surface area (Å²) in [6, 6.07) is 20.1. The second-order valence-electron chi connectivity index (χ2n) is 6.61. The van der Waals surface area contributed by atoms with Gasteiger partial charge in [-0.05, 0) is 35.4 Å².